The van der Waals surface area contributed by atoms with Crippen LogP contribution in [0.3, 0.4) is 0 Å². The van der Waals surface area contributed by atoms with Crippen molar-refractivity contribution in [3.63, 3.8) is 0 Å². The second-order valence-corrected chi connectivity index (χ2v) is 6.51. The number of methoxy groups -OCH3 is 2. The third-order valence-electron chi connectivity index (χ3n) is 2.95. The van der Waals surface area contributed by atoms with Gasteiger partial charge in [0.25, 0.3) is 0 Å². The predicted molar refractivity (Wildman–Crippen MR) is 83.7 cm³/mol. The quantitative estimate of drug-likeness (QED) is 0.529. The van der Waals surface area contributed by atoms with E-state index < -0.39 is 19.5 Å². The minimum atomic E-state index is -3.39. The van der Waals surface area contributed by atoms with E-state index in [0.717, 1.165) is 0 Å². The third kappa shape index (κ3) is 5.16. The van der Waals surface area contributed by atoms with Crippen molar-refractivity contribution in [3.8, 4) is 0 Å². The van der Waals surface area contributed by atoms with Gasteiger partial charge < -0.3 is 18.5 Å². The summed E-state index contributed by atoms with van der Waals surface area (Å²) < 4.78 is 32.4. The largest absolute Gasteiger partial charge is 0.465 e. The molecule has 0 atom stereocenters. The van der Waals surface area contributed by atoms with E-state index in [9.17, 15) is 14.2 Å². The number of ether oxygens (including phenoxy) is 2. The van der Waals surface area contributed by atoms with Crippen LogP contribution >= 0.6 is 7.60 Å². The number of esters is 2. The summed E-state index contributed by atoms with van der Waals surface area (Å²) in [6.45, 7) is 3.83. The van der Waals surface area contributed by atoms with E-state index in [2.05, 4.69) is 4.74 Å². The fourth-order valence-corrected chi connectivity index (χ4v) is 3.73. The van der Waals surface area contributed by atoms with Gasteiger partial charge in [0.15, 0.2) is 0 Å². The van der Waals surface area contributed by atoms with Gasteiger partial charge in [-0.15, -0.1) is 0 Å². The fraction of sp³-hybridized carbons (Fsp3) is 0.467. The molecule has 0 N–H and O–H groups in total. The lowest BCUT2D eigenvalue weighted by molar-refractivity contribution is 0.0598. The van der Waals surface area contributed by atoms with E-state index in [1.54, 1.807) is 13.8 Å². The lowest BCUT2D eigenvalue weighted by Crippen LogP contribution is -2.10. The normalized spacial score (nSPS) is 11.1. The van der Waals surface area contributed by atoms with Gasteiger partial charge in [-0.1, -0.05) is 6.07 Å². The van der Waals surface area contributed by atoms with Crippen molar-refractivity contribution in [2.45, 2.75) is 20.0 Å². The molecule has 7 nitrogen and oxygen atoms in total. The van der Waals surface area contributed by atoms with Crippen LogP contribution in [0.25, 0.3) is 0 Å². The minimum Gasteiger partial charge on any atom is -0.465 e. The zero-order valence-corrected chi connectivity index (χ0v) is 14.6. The van der Waals surface area contributed by atoms with Crippen LogP contribution in [-0.2, 0) is 29.2 Å². The highest BCUT2D eigenvalue weighted by atomic mass is 31.2. The number of benzene rings is 1. The van der Waals surface area contributed by atoms with Crippen molar-refractivity contribution in [1.82, 2.24) is 0 Å². The first kappa shape index (κ1) is 19.4. The Morgan fingerprint density at radius 3 is 2.04 bits per heavy atom. The lowest BCUT2D eigenvalue weighted by Gasteiger charge is -2.18. The van der Waals surface area contributed by atoms with Gasteiger partial charge in [0.2, 0.25) is 0 Å². The Balaban J connectivity index is 3.26. The smallest absolute Gasteiger partial charge is 0.338 e. The van der Waals surface area contributed by atoms with Crippen LogP contribution in [0.2, 0.25) is 0 Å². The molecular formula is C15H21O7P. The molecule has 0 unspecified atom stereocenters. The fourth-order valence-electron chi connectivity index (χ4n) is 1.99. The molecule has 0 aromatic heterocycles. The molecule has 0 spiro atoms. The standard InChI is InChI=1S/C15H21O7P/c1-5-21-23(18,22-6-2)10-12-8-7-11(14(16)19-3)9-13(12)15(17)20-4/h7-9H,5-6,10H2,1-4H3. The van der Waals surface area contributed by atoms with E-state index in [4.69, 9.17) is 13.8 Å². The molecule has 128 valence electrons. The van der Waals surface area contributed by atoms with E-state index >= 15 is 0 Å². The summed E-state index contributed by atoms with van der Waals surface area (Å²) in [5.41, 5.74) is 0.726. The Kier molecular flexibility index (Phi) is 7.42. The SMILES string of the molecule is CCOP(=O)(Cc1ccc(C(=O)OC)cc1C(=O)OC)OCC. The van der Waals surface area contributed by atoms with Crippen molar-refractivity contribution < 1.29 is 32.7 Å². The van der Waals surface area contributed by atoms with Crippen LogP contribution in [-0.4, -0.2) is 39.4 Å². The van der Waals surface area contributed by atoms with Gasteiger partial charge in [-0.3, -0.25) is 4.57 Å². The van der Waals surface area contributed by atoms with Crippen LogP contribution in [0, 0.1) is 0 Å². The molecule has 0 fully saturated rings. The first-order valence-electron chi connectivity index (χ1n) is 7.08. The molecule has 0 aliphatic heterocycles. The topological polar surface area (TPSA) is 88.1 Å². The molecule has 0 aliphatic rings. The van der Waals surface area contributed by atoms with E-state index in [1.165, 1.54) is 32.4 Å². The molecule has 1 aromatic rings. The Labute approximate surface area is 135 Å². The molecule has 1 aromatic carbocycles. The van der Waals surface area contributed by atoms with Gasteiger partial charge in [-0.05, 0) is 31.5 Å². The first-order valence-corrected chi connectivity index (χ1v) is 8.81. The van der Waals surface area contributed by atoms with Crippen LogP contribution in [0.15, 0.2) is 18.2 Å². The molecule has 0 radical (unpaired) electrons. The van der Waals surface area contributed by atoms with Gasteiger partial charge >= 0.3 is 19.5 Å². The molecule has 0 amide bonds. The second-order valence-electron chi connectivity index (χ2n) is 4.46. The average Bonchev–Trinajstić information content (AvgIpc) is 2.54. The number of hydrogen-bond donors (Lipinski definition) is 0. The maximum Gasteiger partial charge on any atom is 0.338 e. The molecule has 0 aliphatic carbocycles. The van der Waals surface area contributed by atoms with Crippen molar-refractivity contribution in [1.29, 1.82) is 0 Å². The van der Waals surface area contributed by atoms with Crippen LogP contribution in [0.1, 0.15) is 40.1 Å². The monoisotopic (exact) mass is 344 g/mol. The van der Waals surface area contributed by atoms with E-state index in [1.807, 2.05) is 0 Å². The summed E-state index contributed by atoms with van der Waals surface area (Å²) in [6.07, 6.45) is -0.0967. The summed E-state index contributed by atoms with van der Waals surface area (Å²) in [5, 5.41) is 0. The highest BCUT2D eigenvalue weighted by molar-refractivity contribution is 7.53. The maximum atomic E-state index is 12.6. The van der Waals surface area contributed by atoms with Crippen LogP contribution in [0.4, 0.5) is 0 Å². The minimum absolute atomic E-state index is 0.0967. The summed E-state index contributed by atoms with van der Waals surface area (Å²) in [7, 11) is -0.922. The molecule has 0 heterocycles. The van der Waals surface area contributed by atoms with Crippen molar-refractivity contribution in [2.75, 3.05) is 27.4 Å². The zero-order chi connectivity index (χ0) is 17.5. The summed E-state index contributed by atoms with van der Waals surface area (Å²) in [4.78, 5) is 23.6. The molecule has 8 heteroatoms. The predicted octanol–water partition coefficient (Wildman–Crippen LogP) is 3.03. The van der Waals surface area contributed by atoms with Gasteiger partial charge in [-0.25, -0.2) is 9.59 Å². The molecule has 0 saturated carbocycles. The summed E-state index contributed by atoms with van der Waals surface area (Å²) in [5.74, 6) is -1.23. The van der Waals surface area contributed by atoms with E-state index in [0.29, 0.717) is 5.56 Å². The number of rotatable bonds is 8. The average molecular weight is 344 g/mol. The van der Waals surface area contributed by atoms with Gasteiger partial charge in [0.1, 0.15) is 0 Å². The highest BCUT2D eigenvalue weighted by Gasteiger charge is 2.27. The Bertz CT molecular complexity index is 602. The highest BCUT2D eigenvalue weighted by Crippen LogP contribution is 2.51. The number of carbonyl (C=O) groups excluding carboxylic acids is 2. The second kappa shape index (κ2) is 8.82. The Hall–Kier alpha value is -1.69. The van der Waals surface area contributed by atoms with Crippen molar-refractivity contribution in [2.24, 2.45) is 0 Å². The number of hydrogen-bond acceptors (Lipinski definition) is 7. The summed E-state index contributed by atoms with van der Waals surface area (Å²) >= 11 is 0. The van der Waals surface area contributed by atoms with Gasteiger partial charge in [0, 0.05) is 0 Å². The maximum absolute atomic E-state index is 12.6. The molecule has 0 bridgehead atoms. The van der Waals surface area contributed by atoms with Crippen molar-refractivity contribution >= 4 is 19.5 Å². The molecule has 23 heavy (non-hydrogen) atoms. The number of carbonyl (C=O) groups is 2. The zero-order valence-electron chi connectivity index (χ0n) is 13.7. The van der Waals surface area contributed by atoms with Crippen molar-refractivity contribution in [3.05, 3.63) is 34.9 Å². The van der Waals surface area contributed by atoms with Crippen LogP contribution < -0.4 is 0 Å². The van der Waals surface area contributed by atoms with Gasteiger partial charge in [-0.2, -0.15) is 0 Å². The first-order chi connectivity index (χ1) is 10.9. The third-order valence-corrected chi connectivity index (χ3v) is 4.98. The summed E-state index contributed by atoms with van der Waals surface area (Å²) in [6, 6.07) is 4.34. The van der Waals surface area contributed by atoms with E-state index in [-0.39, 0.29) is 30.5 Å². The van der Waals surface area contributed by atoms with Gasteiger partial charge in [0.05, 0.1) is 44.7 Å². The molecular weight excluding hydrogens is 323 g/mol. The Morgan fingerprint density at radius 2 is 1.57 bits per heavy atom. The Morgan fingerprint density at radius 1 is 1.00 bits per heavy atom. The van der Waals surface area contributed by atoms with Crippen LogP contribution in [0.5, 0.6) is 0 Å². The lowest BCUT2D eigenvalue weighted by atomic mass is 10.1. The molecule has 1 rings (SSSR count). The molecule has 0 saturated heterocycles.